The van der Waals surface area contributed by atoms with Crippen LogP contribution in [-0.2, 0) is 25.7 Å². The molecule has 4 heterocycles. The van der Waals surface area contributed by atoms with E-state index in [-0.39, 0.29) is 11.8 Å². The number of rotatable bonds is 2. The third-order valence-electron chi connectivity index (χ3n) is 9.85. The van der Waals surface area contributed by atoms with Crippen molar-refractivity contribution in [1.82, 2.24) is 20.2 Å². The van der Waals surface area contributed by atoms with Crippen molar-refractivity contribution in [2.45, 2.75) is 50.4 Å². The molecule has 0 saturated carbocycles. The Hall–Kier alpha value is -3.28. The van der Waals surface area contributed by atoms with E-state index in [2.05, 4.69) is 77.9 Å². The Morgan fingerprint density at radius 2 is 1.22 bits per heavy atom. The second-order valence-electron chi connectivity index (χ2n) is 12.7. The first-order valence-electron chi connectivity index (χ1n) is 16.3. The van der Waals surface area contributed by atoms with Crippen molar-refractivity contribution in [1.29, 1.82) is 0 Å². The lowest BCUT2D eigenvalue weighted by Gasteiger charge is -2.28. The highest BCUT2D eigenvalue weighted by atomic mass is 35.5. The second-order valence-corrected chi connectivity index (χ2v) is 13.5. The summed E-state index contributed by atoms with van der Waals surface area (Å²) in [6.45, 7) is 4.15. The molecule has 8 rings (SSSR count). The van der Waals surface area contributed by atoms with Gasteiger partial charge in [0.05, 0.1) is 11.4 Å². The van der Waals surface area contributed by atoms with Gasteiger partial charge in [0.15, 0.2) is 0 Å². The van der Waals surface area contributed by atoms with Gasteiger partial charge in [-0.25, -0.2) is 0 Å². The SMILES string of the molecule is CN1CC=C(C2c3ccc(Cl)cc3CCc3cccnc32)CC1.Clc1ccc2c(c1)CCc1cccnc1C2C1=CCNCC1. The number of halogens is 2. The van der Waals surface area contributed by atoms with Gasteiger partial charge in [0.2, 0.25) is 0 Å². The van der Waals surface area contributed by atoms with E-state index in [1.165, 1.54) is 55.9 Å². The molecular weight excluding hydrogens is 595 g/mol. The number of fused-ring (bicyclic) bond motifs is 4. The van der Waals surface area contributed by atoms with E-state index in [1.807, 2.05) is 24.5 Å². The average Bonchev–Trinajstić information content (AvgIpc) is 3.34. The largest absolute Gasteiger partial charge is 0.313 e. The molecule has 0 amide bonds. The third kappa shape index (κ3) is 6.53. The average molecular weight is 636 g/mol. The van der Waals surface area contributed by atoms with Crippen molar-refractivity contribution in [3.8, 4) is 0 Å². The van der Waals surface area contributed by atoms with Crippen LogP contribution in [0.5, 0.6) is 0 Å². The number of pyridine rings is 2. The highest BCUT2D eigenvalue weighted by Crippen LogP contribution is 2.42. The van der Waals surface area contributed by atoms with Gasteiger partial charge in [-0.2, -0.15) is 0 Å². The zero-order valence-electron chi connectivity index (χ0n) is 25.9. The van der Waals surface area contributed by atoms with Gasteiger partial charge in [-0.05, 0) is 122 Å². The molecule has 6 heteroatoms. The summed E-state index contributed by atoms with van der Waals surface area (Å²) in [7, 11) is 2.18. The molecule has 0 spiro atoms. The minimum atomic E-state index is 0.285. The number of nitrogens with zero attached hydrogens (tertiary/aromatic N) is 3. The van der Waals surface area contributed by atoms with Gasteiger partial charge >= 0.3 is 0 Å². The van der Waals surface area contributed by atoms with Crippen LogP contribution >= 0.6 is 23.2 Å². The summed E-state index contributed by atoms with van der Waals surface area (Å²) < 4.78 is 0. The summed E-state index contributed by atoms with van der Waals surface area (Å²) in [5, 5.41) is 5.07. The van der Waals surface area contributed by atoms with Crippen LogP contribution in [0.4, 0.5) is 0 Å². The minimum absolute atomic E-state index is 0.285. The van der Waals surface area contributed by atoms with E-state index in [9.17, 15) is 0 Å². The van der Waals surface area contributed by atoms with Crippen LogP contribution in [0.1, 0.15) is 69.4 Å². The number of aromatic nitrogens is 2. The number of benzene rings is 2. The Kier molecular flexibility index (Phi) is 9.18. The molecular formula is C39H40Cl2N4. The summed E-state index contributed by atoms with van der Waals surface area (Å²) in [5.41, 5.74) is 13.7. The molecule has 2 aliphatic carbocycles. The molecule has 1 N–H and O–H groups in total. The fourth-order valence-electron chi connectivity index (χ4n) is 7.52. The van der Waals surface area contributed by atoms with Gasteiger partial charge < -0.3 is 10.2 Å². The molecule has 0 fully saturated rings. The Labute approximate surface area is 277 Å². The van der Waals surface area contributed by atoms with E-state index in [4.69, 9.17) is 33.2 Å². The van der Waals surface area contributed by atoms with Crippen molar-refractivity contribution < 1.29 is 0 Å². The topological polar surface area (TPSA) is 41.1 Å². The summed E-state index contributed by atoms with van der Waals surface area (Å²) >= 11 is 12.5. The van der Waals surface area contributed by atoms with E-state index in [0.29, 0.717) is 0 Å². The molecule has 2 aromatic carbocycles. The van der Waals surface area contributed by atoms with Crippen molar-refractivity contribution in [2.24, 2.45) is 0 Å². The molecule has 2 aromatic heterocycles. The standard InChI is InChI=1S/C20H21ClN2.C19H19ClN2/c1-23-11-8-14(9-12-23)19-18-7-6-17(21)13-16(18)5-4-15-3-2-10-22-20(15)19;20-16-5-6-17-15(12-16)4-3-14-2-1-9-22-19(14)18(17)13-7-10-21-11-8-13/h2-3,6-8,10,13,19H,4-5,9,11-12H2,1H3;1-2,5-7,9,12,18,21H,3-4,8,10-11H2. The summed E-state index contributed by atoms with van der Waals surface area (Å²) in [6.07, 6.45) is 15.0. The zero-order valence-corrected chi connectivity index (χ0v) is 27.4. The molecule has 0 radical (unpaired) electrons. The first kappa shape index (κ1) is 30.4. The minimum Gasteiger partial charge on any atom is -0.313 e. The lowest BCUT2D eigenvalue weighted by Crippen LogP contribution is -2.26. The van der Waals surface area contributed by atoms with E-state index in [0.717, 1.165) is 74.7 Å². The molecule has 2 atom stereocenters. The molecule has 0 bridgehead atoms. The number of nitrogens with one attached hydrogen (secondary N) is 1. The molecule has 2 aliphatic heterocycles. The summed E-state index contributed by atoms with van der Waals surface area (Å²) in [4.78, 5) is 11.9. The van der Waals surface area contributed by atoms with Crippen LogP contribution in [0.25, 0.3) is 0 Å². The summed E-state index contributed by atoms with van der Waals surface area (Å²) in [6, 6.07) is 21.3. The maximum atomic E-state index is 6.26. The highest BCUT2D eigenvalue weighted by Gasteiger charge is 2.30. The van der Waals surface area contributed by atoms with E-state index < -0.39 is 0 Å². The van der Waals surface area contributed by atoms with Crippen molar-refractivity contribution in [3.05, 3.63) is 151 Å². The molecule has 45 heavy (non-hydrogen) atoms. The molecule has 4 nitrogen and oxygen atoms in total. The normalized spacial score (nSPS) is 20.9. The predicted octanol–water partition coefficient (Wildman–Crippen LogP) is 8.11. The first-order chi connectivity index (χ1) is 22.0. The monoisotopic (exact) mass is 634 g/mol. The molecule has 2 unspecified atom stereocenters. The maximum Gasteiger partial charge on any atom is 0.0551 e. The Bertz CT molecular complexity index is 1760. The quantitative estimate of drug-likeness (QED) is 0.226. The number of likely N-dealkylation sites (N-methyl/N-ethyl adjacent to an activating group) is 1. The van der Waals surface area contributed by atoms with Gasteiger partial charge in [0.1, 0.15) is 0 Å². The number of hydrogen-bond donors (Lipinski definition) is 1. The van der Waals surface area contributed by atoms with Crippen LogP contribution < -0.4 is 5.32 Å². The van der Waals surface area contributed by atoms with Crippen LogP contribution in [0.3, 0.4) is 0 Å². The lowest BCUT2D eigenvalue weighted by molar-refractivity contribution is 0.355. The number of hydrogen-bond acceptors (Lipinski definition) is 4. The zero-order chi connectivity index (χ0) is 30.8. The number of aryl methyl sites for hydroxylation is 4. The van der Waals surface area contributed by atoms with Crippen LogP contribution in [0.15, 0.2) is 96.4 Å². The van der Waals surface area contributed by atoms with E-state index in [1.54, 1.807) is 0 Å². The molecule has 0 saturated heterocycles. The van der Waals surface area contributed by atoms with Crippen molar-refractivity contribution >= 4 is 23.2 Å². The van der Waals surface area contributed by atoms with Gasteiger partial charge in [-0.15, -0.1) is 0 Å². The van der Waals surface area contributed by atoms with Crippen LogP contribution in [-0.4, -0.2) is 48.1 Å². The molecule has 230 valence electrons. The Morgan fingerprint density at radius 1 is 0.667 bits per heavy atom. The molecule has 4 aliphatic rings. The van der Waals surface area contributed by atoms with Crippen molar-refractivity contribution in [3.63, 3.8) is 0 Å². The fourth-order valence-corrected chi connectivity index (χ4v) is 7.91. The third-order valence-corrected chi connectivity index (χ3v) is 10.3. The van der Waals surface area contributed by atoms with Crippen LogP contribution in [0.2, 0.25) is 10.0 Å². The fraction of sp³-hybridized carbons (Fsp3) is 0.333. The Balaban J connectivity index is 0.000000145. The smallest absolute Gasteiger partial charge is 0.0551 e. The maximum absolute atomic E-state index is 6.26. The predicted molar refractivity (Wildman–Crippen MR) is 186 cm³/mol. The second kappa shape index (κ2) is 13.6. The first-order valence-corrected chi connectivity index (χ1v) is 17.0. The Morgan fingerprint density at radius 3 is 1.73 bits per heavy atom. The molecule has 4 aromatic rings. The van der Waals surface area contributed by atoms with Gasteiger partial charge in [0.25, 0.3) is 0 Å². The highest BCUT2D eigenvalue weighted by molar-refractivity contribution is 6.31. The van der Waals surface area contributed by atoms with Gasteiger partial charge in [0, 0.05) is 53.9 Å². The summed E-state index contributed by atoms with van der Waals surface area (Å²) in [5.74, 6) is 0.572. The van der Waals surface area contributed by atoms with Gasteiger partial charge in [-0.1, -0.05) is 70.8 Å². The lowest BCUT2D eigenvalue weighted by atomic mass is 9.82. The van der Waals surface area contributed by atoms with Crippen molar-refractivity contribution in [2.75, 3.05) is 33.2 Å². The van der Waals surface area contributed by atoms with Gasteiger partial charge in [-0.3, -0.25) is 9.97 Å². The van der Waals surface area contributed by atoms with E-state index >= 15 is 0 Å². The van der Waals surface area contributed by atoms with Crippen LogP contribution in [0, 0.1) is 0 Å².